The largest absolute Gasteiger partial charge is 0.494 e. The molecule has 1 heterocycles. The standard InChI is InChI=1S/C23H33NO2/c1-2-26-21-9-6-17(7-10-21)3-4-18-11-13-24(14-12-18)23(25)22-16-19-5-8-20(22)15-19/h6-7,9-10,18-20,22H,2-5,8,11-16H2,1H3. The van der Waals surface area contributed by atoms with Crippen molar-refractivity contribution in [2.24, 2.45) is 23.7 Å². The maximum absolute atomic E-state index is 12.9. The molecule has 3 unspecified atom stereocenters. The first-order chi connectivity index (χ1) is 12.7. The number of benzene rings is 1. The lowest BCUT2D eigenvalue weighted by Crippen LogP contribution is -2.43. The minimum absolute atomic E-state index is 0.370. The van der Waals surface area contributed by atoms with E-state index in [1.54, 1.807) is 0 Å². The van der Waals surface area contributed by atoms with E-state index in [9.17, 15) is 4.79 Å². The van der Waals surface area contributed by atoms with Gasteiger partial charge in [-0.1, -0.05) is 18.6 Å². The normalized spacial score (nSPS) is 28.5. The Balaban J connectivity index is 1.20. The lowest BCUT2D eigenvalue weighted by Gasteiger charge is -2.35. The molecule has 1 aromatic carbocycles. The fraction of sp³-hybridized carbons (Fsp3) is 0.696. The first-order valence-electron chi connectivity index (χ1n) is 10.7. The van der Waals surface area contributed by atoms with E-state index in [-0.39, 0.29) is 0 Å². The van der Waals surface area contributed by atoms with E-state index in [0.717, 1.165) is 43.7 Å². The predicted molar refractivity (Wildman–Crippen MR) is 104 cm³/mol. The number of aryl methyl sites for hydroxylation is 1. The Labute approximate surface area is 158 Å². The summed E-state index contributed by atoms with van der Waals surface area (Å²) in [4.78, 5) is 15.1. The van der Waals surface area contributed by atoms with E-state index >= 15 is 0 Å². The van der Waals surface area contributed by atoms with Gasteiger partial charge in [-0.05, 0) is 87.3 Å². The molecule has 1 amide bonds. The van der Waals surface area contributed by atoms with Crippen LogP contribution in [0.4, 0.5) is 0 Å². The Morgan fingerprint density at radius 2 is 1.85 bits per heavy atom. The second-order valence-corrected chi connectivity index (χ2v) is 8.67. The summed E-state index contributed by atoms with van der Waals surface area (Å²) < 4.78 is 5.51. The molecule has 1 aromatic rings. The highest BCUT2D eigenvalue weighted by atomic mass is 16.5. The Hall–Kier alpha value is -1.51. The Morgan fingerprint density at radius 3 is 2.46 bits per heavy atom. The maximum atomic E-state index is 12.9. The fourth-order valence-electron chi connectivity index (χ4n) is 5.51. The lowest BCUT2D eigenvalue weighted by atomic mass is 9.86. The van der Waals surface area contributed by atoms with Crippen molar-refractivity contribution in [3.8, 4) is 5.75 Å². The second-order valence-electron chi connectivity index (χ2n) is 8.67. The van der Waals surface area contributed by atoms with Crippen LogP contribution in [-0.2, 0) is 11.2 Å². The Morgan fingerprint density at radius 1 is 1.08 bits per heavy atom. The third kappa shape index (κ3) is 3.92. The van der Waals surface area contributed by atoms with E-state index in [2.05, 4.69) is 29.2 Å². The third-order valence-corrected chi connectivity index (χ3v) is 7.06. The summed E-state index contributed by atoms with van der Waals surface area (Å²) in [7, 11) is 0. The number of carbonyl (C=O) groups is 1. The van der Waals surface area contributed by atoms with Gasteiger partial charge in [0.2, 0.25) is 5.91 Å². The zero-order chi connectivity index (χ0) is 17.9. The summed E-state index contributed by atoms with van der Waals surface area (Å²) in [6.07, 6.45) is 9.94. The molecule has 4 rings (SSSR count). The number of ether oxygens (including phenoxy) is 1. The van der Waals surface area contributed by atoms with Crippen molar-refractivity contribution in [2.45, 2.75) is 58.3 Å². The van der Waals surface area contributed by atoms with Gasteiger partial charge in [-0.15, -0.1) is 0 Å². The first-order valence-corrected chi connectivity index (χ1v) is 10.7. The van der Waals surface area contributed by atoms with Gasteiger partial charge in [-0.3, -0.25) is 4.79 Å². The van der Waals surface area contributed by atoms with Gasteiger partial charge < -0.3 is 9.64 Å². The maximum Gasteiger partial charge on any atom is 0.225 e. The zero-order valence-corrected chi connectivity index (χ0v) is 16.2. The molecule has 3 heteroatoms. The third-order valence-electron chi connectivity index (χ3n) is 7.06. The Bertz CT molecular complexity index is 603. The van der Waals surface area contributed by atoms with Crippen LogP contribution in [-0.4, -0.2) is 30.5 Å². The van der Waals surface area contributed by atoms with Gasteiger partial charge in [0.05, 0.1) is 6.61 Å². The van der Waals surface area contributed by atoms with Gasteiger partial charge in [-0.2, -0.15) is 0 Å². The highest BCUT2D eigenvalue weighted by molar-refractivity contribution is 5.79. The first kappa shape index (κ1) is 17.9. The van der Waals surface area contributed by atoms with Gasteiger partial charge in [0, 0.05) is 19.0 Å². The van der Waals surface area contributed by atoms with Crippen molar-refractivity contribution in [2.75, 3.05) is 19.7 Å². The van der Waals surface area contributed by atoms with Crippen LogP contribution in [0.5, 0.6) is 5.75 Å². The number of hydrogen-bond donors (Lipinski definition) is 0. The summed E-state index contributed by atoms with van der Waals surface area (Å²) in [5.41, 5.74) is 1.40. The molecule has 142 valence electrons. The smallest absolute Gasteiger partial charge is 0.225 e. The number of nitrogens with zero attached hydrogens (tertiary/aromatic N) is 1. The van der Waals surface area contributed by atoms with Gasteiger partial charge in [0.1, 0.15) is 5.75 Å². The van der Waals surface area contributed by atoms with Crippen molar-refractivity contribution in [1.29, 1.82) is 0 Å². The average molecular weight is 356 g/mol. The molecular formula is C23H33NO2. The van der Waals surface area contributed by atoms with Crippen molar-refractivity contribution in [3.63, 3.8) is 0 Å². The zero-order valence-electron chi connectivity index (χ0n) is 16.2. The van der Waals surface area contributed by atoms with Gasteiger partial charge in [-0.25, -0.2) is 0 Å². The molecule has 0 spiro atoms. The number of likely N-dealkylation sites (tertiary alicyclic amines) is 1. The summed E-state index contributed by atoms with van der Waals surface area (Å²) >= 11 is 0. The van der Waals surface area contributed by atoms with Crippen molar-refractivity contribution < 1.29 is 9.53 Å². The molecule has 0 radical (unpaired) electrons. The van der Waals surface area contributed by atoms with Crippen LogP contribution >= 0.6 is 0 Å². The van der Waals surface area contributed by atoms with Crippen LogP contribution in [0.25, 0.3) is 0 Å². The lowest BCUT2D eigenvalue weighted by molar-refractivity contribution is -0.138. The molecule has 3 atom stereocenters. The molecule has 0 aromatic heterocycles. The molecule has 1 aliphatic heterocycles. The van der Waals surface area contributed by atoms with Crippen LogP contribution in [0.1, 0.15) is 57.4 Å². The SMILES string of the molecule is CCOc1ccc(CCC2CCN(C(=O)C3CC4CCC3C4)CC2)cc1. The highest BCUT2D eigenvalue weighted by Gasteiger charge is 2.44. The highest BCUT2D eigenvalue weighted by Crippen LogP contribution is 2.49. The van der Waals surface area contributed by atoms with Crippen molar-refractivity contribution in [1.82, 2.24) is 4.90 Å². The summed E-state index contributed by atoms with van der Waals surface area (Å²) in [6, 6.07) is 8.54. The summed E-state index contributed by atoms with van der Waals surface area (Å²) in [6.45, 7) is 4.71. The van der Waals surface area contributed by atoms with Gasteiger partial charge in [0.25, 0.3) is 0 Å². The molecule has 1 saturated heterocycles. The van der Waals surface area contributed by atoms with E-state index < -0.39 is 0 Å². The van der Waals surface area contributed by atoms with E-state index in [1.165, 1.54) is 50.5 Å². The number of amides is 1. The van der Waals surface area contributed by atoms with Crippen LogP contribution in [0.3, 0.4) is 0 Å². The molecule has 2 saturated carbocycles. The van der Waals surface area contributed by atoms with Gasteiger partial charge >= 0.3 is 0 Å². The van der Waals surface area contributed by atoms with Crippen LogP contribution < -0.4 is 4.74 Å². The van der Waals surface area contributed by atoms with E-state index in [0.29, 0.717) is 17.7 Å². The molecule has 3 aliphatic rings. The van der Waals surface area contributed by atoms with E-state index in [4.69, 9.17) is 4.74 Å². The van der Waals surface area contributed by atoms with Crippen LogP contribution in [0, 0.1) is 23.7 Å². The number of piperidine rings is 1. The summed E-state index contributed by atoms with van der Waals surface area (Å²) in [5, 5.41) is 0. The van der Waals surface area contributed by atoms with Gasteiger partial charge in [0.15, 0.2) is 0 Å². The average Bonchev–Trinajstić information content (AvgIpc) is 3.31. The van der Waals surface area contributed by atoms with Crippen molar-refractivity contribution in [3.05, 3.63) is 29.8 Å². The number of rotatable bonds is 6. The molecular weight excluding hydrogens is 322 g/mol. The minimum atomic E-state index is 0.370. The number of carbonyl (C=O) groups excluding carboxylic acids is 1. The molecule has 2 aliphatic carbocycles. The van der Waals surface area contributed by atoms with E-state index in [1.807, 2.05) is 6.92 Å². The predicted octanol–water partition coefficient (Wildman–Crippen LogP) is 4.69. The monoisotopic (exact) mass is 355 g/mol. The minimum Gasteiger partial charge on any atom is -0.494 e. The number of hydrogen-bond acceptors (Lipinski definition) is 2. The quantitative estimate of drug-likeness (QED) is 0.741. The molecule has 2 bridgehead atoms. The molecule has 26 heavy (non-hydrogen) atoms. The molecule has 3 fully saturated rings. The summed E-state index contributed by atoms with van der Waals surface area (Å²) in [5.74, 6) is 4.16. The van der Waals surface area contributed by atoms with Crippen molar-refractivity contribution >= 4 is 5.91 Å². The molecule has 3 nitrogen and oxygen atoms in total. The second kappa shape index (κ2) is 8.02. The Kier molecular flexibility index (Phi) is 5.52. The van der Waals surface area contributed by atoms with Crippen LogP contribution in [0.15, 0.2) is 24.3 Å². The fourth-order valence-corrected chi connectivity index (χ4v) is 5.51. The number of fused-ring (bicyclic) bond motifs is 2. The topological polar surface area (TPSA) is 29.5 Å². The molecule has 0 N–H and O–H groups in total. The van der Waals surface area contributed by atoms with Crippen LogP contribution in [0.2, 0.25) is 0 Å².